The van der Waals surface area contributed by atoms with Crippen molar-refractivity contribution in [2.24, 2.45) is 0 Å². The lowest BCUT2D eigenvalue weighted by Crippen LogP contribution is -2.40. The van der Waals surface area contributed by atoms with Gasteiger partial charge in [-0.3, -0.25) is 4.79 Å². The molecule has 2 rings (SSSR count). The Bertz CT molecular complexity index is 450. The molecule has 4 heteroatoms. The predicted octanol–water partition coefficient (Wildman–Crippen LogP) is 3.04. The van der Waals surface area contributed by atoms with Crippen molar-refractivity contribution in [2.45, 2.75) is 31.9 Å². The molecule has 1 aromatic carbocycles. The van der Waals surface area contributed by atoms with Crippen molar-refractivity contribution in [3.8, 4) is 0 Å². The molecule has 1 aliphatic heterocycles. The lowest BCUT2D eigenvalue weighted by molar-refractivity contribution is -0.117. The zero-order chi connectivity index (χ0) is 13.7. The first-order valence-corrected chi connectivity index (χ1v) is 6.89. The summed E-state index contributed by atoms with van der Waals surface area (Å²) >= 11 is 5.80. The molecule has 0 aromatic heterocycles. The van der Waals surface area contributed by atoms with Crippen molar-refractivity contribution >= 4 is 23.6 Å². The van der Waals surface area contributed by atoms with Gasteiger partial charge in [0.05, 0.1) is 12.1 Å². The molecule has 0 bridgehead atoms. The van der Waals surface area contributed by atoms with Gasteiger partial charge in [0.2, 0.25) is 5.91 Å². The van der Waals surface area contributed by atoms with Gasteiger partial charge >= 0.3 is 0 Å². The molecular formula is C15H18ClNO2. The molecule has 0 saturated carbocycles. The molecule has 2 unspecified atom stereocenters. The fourth-order valence-electron chi connectivity index (χ4n) is 2.11. The summed E-state index contributed by atoms with van der Waals surface area (Å²) in [6, 6.07) is 7.39. The van der Waals surface area contributed by atoms with Gasteiger partial charge in [0.25, 0.3) is 0 Å². The first-order chi connectivity index (χ1) is 9.15. The first kappa shape index (κ1) is 14.1. The number of carbonyl (C=O) groups excluding carboxylic acids is 1. The Morgan fingerprint density at radius 1 is 1.47 bits per heavy atom. The summed E-state index contributed by atoms with van der Waals surface area (Å²) in [5, 5.41) is 3.62. The smallest absolute Gasteiger partial charge is 0.244 e. The standard InChI is InChI=1S/C15H18ClNO2/c1-11(14-3-2-10-19-14)17-15(18)9-6-12-4-7-13(16)8-5-12/h4-9,11,14H,2-3,10H2,1H3,(H,17,18)/b9-6+. The van der Waals surface area contributed by atoms with Crippen LogP contribution < -0.4 is 5.32 Å². The average molecular weight is 280 g/mol. The van der Waals surface area contributed by atoms with E-state index in [4.69, 9.17) is 16.3 Å². The van der Waals surface area contributed by atoms with Crippen LogP contribution >= 0.6 is 11.6 Å². The van der Waals surface area contributed by atoms with Gasteiger partial charge < -0.3 is 10.1 Å². The maximum Gasteiger partial charge on any atom is 0.244 e. The number of benzene rings is 1. The molecule has 1 aromatic rings. The number of ether oxygens (including phenoxy) is 1. The molecule has 1 aliphatic rings. The third-order valence-corrected chi connectivity index (χ3v) is 3.44. The Kier molecular flexibility index (Phi) is 5.00. The summed E-state index contributed by atoms with van der Waals surface area (Å²) in [5.74, 6) is -0.0991. The SMILES string of the molecule is CC(NC(=O)/C=C/c1ccc(Cl)cc1)C1CCCO1. The topological polar surface area (TPSA) is 38.3 Å². The van der Waals surface area contributed by atoms with Gasteiger partial charge in [-0.05, 0) is 43.5 Å². The van der Waals surface area contributed by atoms with Crippen molar-refractivity contribution in [1.82, 2.24) is 5.32 Å². The molecule has 0 radical (unpaired) electrons. The van der Waals surface area contributed by atoms with E-state index in [9.17, 15) is 4.79 Å². The van der Waals surface area contributed by atoms with E-state index in [-0.39, 0.29) is 18.1 Å². The van der Waals surface area contributed by atoms with Crippen LogP contribution in [0.4, 0.5) is 0 Å². The average Bonchev–Trinajstić information content (AvgIpc) is 2.92. The van der Waals surface area contributed by atoms with Crippen LogP contribution in [0.1, 0.15) is 25.3 Å². The zero-order valence-electron chi connectivity index (χ0n) is 10.9. The van der Waals surface area contributed by atoms with Crippen LogP contribution in [-0.2, 0) is 9.53 Å². The molecule has 102 valence electrons. The highest BCUT2D eigenvalue weighted by Crippen LogP contribution is 2.15. The van der Waals surface area contributed by atoms with E-state index < -0.39 is 0 Å². The summed E-state index contributed by atoms with van der Waals surface area (Å²) in [5.41, 5.74) is 0.948. The quantitative estimate of drug-likeness (QED) is 0.861. The van der Waals surface area contributed by atoms with Gasteiger partial charge in [-0.1, -0.05) is 23.7 Å². The normalized spacial score (nSPS) is 20.6. The lowest BCUT2D eigenvalue weighted by Gasteiger charge is -2.18. The Morgan fingerprint density at radius 3 is 2.84 bits per heavy atom. The number of carbonyl (C=O) groups is 1. The fourth-order valence-corrected chi connectivity index (χ4v) is 2.23. The van der Waals surface area contributed by atoms with Crippen LogP contribution in [0.15, 0.2) is 30.3 Å². The van der Waals surface area contributed by atoms with Gasteiger partial charge in [0, 0.05) is 17.7 Å². The second-order valence-corrected chi connectivity index (χ2v) is 5.17. The molecule has 0 spiro atoms. The predicted molar refractivity (Wildman–Crippen MR) is 77.1 cm³/mol. The molecule has 1 saturated heterocycles. The van der Waals surface area contributed by atoms with E-state index >= 15 is 0 Å². The molecule has 1 amide bonds. The van der Waals surface area contributed by atoms with Crippen molar-refractivity contribution in [3.63, 3.8) is 0 Å². The van der Waals surface area contributed by atoms with Crippen LogP contribution in [0.5, 0.6) is 0 Å². The monoisotopic (exact) mass is 279 g/mol. The minimum atomic E-state index is -0.0991. The van der Waals surface area contributed by atoms with Crippen LogP contribution in [0.3, 0.4) is 0 Å². The molecule has 0 aliphatic carbocycles. The molecule has 19 heavy (non-hydrogen) atoms. The summed E-state index contributed by atoms with van der Waals surface area (Å²) in [6.07, 6.45) is 5.55. The fraction of sp³-hybridized carbons (Fsp3) is 0.400. The Balaban J connectivity index is 1.84. The Labute approximate surface area is 118 Å². The van der Waals surface area contributed by atoms with Crippen molar-refractivity contribution in [2.75, 3.05) is 6.61 Å². The number of nitrogens with one attached hydrogen (secondary N) is 1. The summed E-state index contributed by atoms with van der Waals surface area (Å²) in [7, 11) is 0. The highest BCUT2D eigenvalue weighted by atomic mass is 35.5. The number of rotatable bonds is 4. The highest BCUT2D eigenvalue weighted by molar-refractivity contribution is 6.30. The minimum absolute atomic E-state index is 0.0462. The Hall–Kier alpha value is -1.32. The number of halogens is 1. The summed E-state index contributed by atoms with van der Waals surface area (Å²) in [4.78, 5) is 11.8. The lowest BCUT2D eigenvalue weighted by atomic mass is 10.1. The third kappa shape index (κ3) is 4.37. The molecule has 2 atom stereocenters. The third-order valence-electron chi connectivity index (χ3n) is 3.19. The first-order valence-electron chi connectivity index (χ1n) is 6.51. The van der Waals surface area contributed by atoms with Crippen LogP contribution in [0.25, 0.3) is 6.08 Å². The second kappa shape index (κ2) is 6.73. The van der Waals surface area contributed by atoms with Crippen LogP contribution in [0, 0.1) is 0 Å². The number of hydrogen-bond acceptors (Lipinski definition) is 2. The molecule has 1 heterocycles. The number of amides is 1. The zero-order valence-corrected chi connectivity index (χ0v) is 11.7. The van der Waals surface area contributed by atoms with Crippen molar-refractivity contribution in [3.05, 3.63) is 40.9 Å². The van der Waals surface area contributed by atoms with E-state index in [0.29, 0.717) is 5.02 Å². The maximum absolute atomic E-state index is 11.8. The molecule has 1 fully saturated rings. The van der Waals surface area contributed by atoms with E-state index in [1.807, 2.05) is 19.1 Å². The second-order valence-electron chi connectivity index (χ2n) is 4.73. The molecular weight excluding hydrogens is 262 g/mol. The van der Waals surface area contributed by atoms with E-state index in [2.05, 4.69) is 5.32 Å². The minimum Gasteiger partial charge on any atom is -0.376 e. The summed E-state index contributed by atoms with van der Waals surface area (Å²) in [6.45, 7) is 2.77. The van der Waals surface area contributed by atoms with Crippen LogP contribution in [-0.4, -0.2) is 24.7 Å². The largest absolute Gasteiger partial charge is 0.376 e. The van der Waals surface area contributed by atoms with E-state index in [1.165, 1.54) is 6.08 Å². The summed E-state index contributed by atoms with van der Waals surface area (Å²) < 4.78 is 5.54. The van der Waals surface area contributed by atoms with E-state index in [1.54, 1.807) is 18.2 Å². The maximum atomic E-state index is 11.8. The number of hydrogen-bond donors (Lipinski definition) is 1. The van der Waals surface area contributed by atoms with Gasteiger partial charge in [0.15, 0.2) is 0 Å². The van der Waals surface area contributed by atoms with Gasteiger partial charge in [-0.15, -0.1) is 0 Å². The highest BCUT2D eigenvalue weighted by Gasteiger charge is 2.22. The van der Waals surface area contributed by atoms with Gasteiger partial charge in [-0.2, -0.15) is 0 Å². The van der Waals surface area contributed by atoms with Crippen molar-refractivity contribution < 1.29 is 9.53 Å². The Morgan fingerprint density at radius 2 is 2.21 bits per heavy atom. The van der Waals surface area contributed by atoms with Gasteiger partial charge in [0.1, 0.15) is 0 Å². The van der Waals surface area contributed by atoms with E-state index in [0.717, 1.165) is 25.0 Å². The van der Waals surface area contributed by atoms with Crippen molar-refractivity contribution in [1.29, 1.82) is 0 Å². The van der Waals surface area contributed by atoms with Gasteiger partial charge in [-0.25, -0.2) is 0 Å². The molecule has 3 nitrogen and oxygen atoms in total. The molecule has 1 N–H and O–H groups in total. The van der Waals surface area contributed by atoms with Crippen LogP contribution in [0.2, 0.25) is 5.02 Å².